The van der Waals surface area contributed by atoms with Crippen LogP contribution in [0.2, 0.25) is 0 Å². The van der Waals surface area contributed by atoms with Crippen LogP contribution in [0.15, 0.2) is 95.0 Å². The molecule has 0 saturated heterocycles. The molecule has 0 fully saturated rings. The minimum absolute atomic E-state index is 0.0107. The molecule has 0 aliphatic rings. The molecule has 0 aliphatic carbocycles. The summed E-state index contributed by atoms with van der Waals surface area (Å²) < 4.78 is 10.7. The molecule has 210 valence electrons. The number of thiazole rings is 1. The standard InChI is InChI=1S/C30H28N4O5S2/c1-19(27(35)34-30-31-14-15-40-30)41-24-11-7-10-22(17-24)32-29(37)25(33-28(36)20-8-5-4-6-9-20)16-21-12-13-23(38-2)18-26(21)39-3/h4-19H,1-3H3,(H,32,37)(H,33,36)(H,31,34,35)/b25-16+. The molecule has 4 rings (SSSR count). The van der Waals surface area contributed by atoms with Crippen LogP contribution in [0, 0.1) is 0 Å². The van der Waals surface area contributed by atoms with E-state index in [9.17, 15) is 14.4 Å². The van der Waals surface area contributed by atoms with E-state index in [0.29, 0.717) is 33.4 Å². The van der Waals surface area contributed by atoms with Gasteiger partial charge in [0.1, 0.15) is 17.2 Å². The van der Waals surface area contributed by atoms with Gasteiger partial charge in [0.2, 0.25) is 5.91 Å². The molecule has 0 bridgehead atoms. The molecule has 11 heteroatoms. The van der Waals surface area contributed by atoms with E-state index in [1.165, 1.54) is 36.3 Å². The Morgan fingerprint density at radius 1 is 0.951 bits per heavy atom. The van der Waals surface area contributed by atoms with Crippen LogP contribution in [-0.4, -0.2) is 42.2 Å². The molecule has 3 aromatic carbocycles. The van der Waals surface area contributed by atoms with Crippen molar-refractivity contribution in [3.63, 3.8) is 0 Å². The van der Waals surface area contributed by atoms with Crippen molar-refractivity contribution in [2.24, 2.45) is 0 Å². The Morgan fingerprint density at radius 2 is 1.76 bits per heavy atom. The number of thioether (sulfide) groups is 1. The molecule has 1 atom stereocenters. The normalized spacial score (nSPS) is 11.7. The van der Waals surface area contributed by atoms with Gasteiger partial charge in [-0.2, -0.15) is 0 Å². The molecule has 0 aliphatic heterocycles. The summed E-state index contributed by atoms with van der Waals surface area (Å²) in [6.07, 6.45) is 3.16. The lowest BCUT2D eigenvalue weighted by Crippen LogP contribution is -2.30. The van der Waals surface area contributed by atoms with Crippen LogP contribution in [0.1, 0.15) is 22.8 Å². The highest BCUT2D eigenvalue weighted by molar-refractivity contribution is 8.00. The molecular formula is C30H28N4O5S2. The first-order valence-electron chi connectivity index (χ1n) is 12.4. The van der Waals surface area contributed by atoms with E-state index in [-0.39, 0.29) is 11.6 Å². The Kier molecular flexibility index (Phi) is 10.1. The van der Waals surface area contributed by atoms with Gasteiger partial charge in [0.25, 0.3) is 11.8 Å². The predicted molar refractivity (Wildman–Crippen MR) is 163 cm³/mol. The number of anilines is 2. The second-order valence-electron chi connectivity index (χ2n) is 8.55. The van der Waals surface area contributed by atoms with E-state index in [4.69, 9.17) is 9.47 Å². The SMILES string of the molecule is COc1ccc(/C=C(/NC(=O)c2ccccc2)C(=O)Nc2cccc(SC(C)C(=O)Nc3nccs3)c2)c(OC)c1. The lowest BCUT2D eigenvalue weighted by molar-refractivity contribution is -0.115. The maximum absolute atomic E-state index is 13.5. The van der Waals surface area contributed by atoms with Gasteiger partial charge in [0, 0.05) is 39.4 Å². The number of carbonyl (C=O) groups excluding carboxylic acids is 3. The molecule has 4 aromatic rings. The summed E-state index contributed by atoms with van der Waals surface area (Å²) in [5.74, 6) is -0.108. The van der Waals surface area contributed by atoms with E-state index >= 15 is 0 Å². The van der Waals surface area contributed by atoms with Crippen molar-refractivity contribution < 1.29 is 23.9 Å². The minimum Gasteiger partial charge on any atom is -0.497 e. The van der Waals surface area contributed by atoms with Crippen LogP contribution in [0.3, 0.4) is 0 Å². The van der Waals surface area contributed by atoms with Crippen molar-refractivity contribution in [2.45, 2.75) is 17.1 Å². The zero-order chi connectivity index (χ0) is 29.2. The van der Waals surface area contributed by atoms with Crippen molar-refractivity contribution in [1.82, 2.24) is 10.3 Å². The summed E-state index contributed by atoms with van der Waals surface area (Å²) in [5, 5.41) is 10.3. The molecule has 1 unspecified atom stereocenters. The molecule has 3 N–H and O–H groups in total. The van der Waals surface area contributed by atoms with Gasteiger partial charge in [0.15, 0.2) is 5.13 Å². The number of hydrogen-bond donors (Lipinski definition) is 3. The summed E-state index contributed by atoms with van der Waals surface area (Å²) in [6.45, 7) is 1.79. The molecular weight excluding hydrogens is 560 g/mol. The molecule has 1 heterocycles. The Bertz CT molecular complexity index is 1540. The predicted octanol–water partition coefficient (Wildman–Crippen LogP) is 5.69. The Balaban J connectivity index is 1.54. The Hall–Kier alpha value is -4.61. The van der Waals surface area contributed by atoms with Crippen molar-refractivity contribution in [3.05, 3.63) is 101 Å². The molecule has 0 saturated carbocycles. The lowest BCUT2D eigenvalue weighted by Gasteiger charge is -2.14. The highest BCUT2D eigenvalue weighted by Gasteiger charge is 2.18. The fourth-order valence-electron chi connectivity index (χ4n) is 3.63. The van der Waals surface area contributed by atoms with Gasteiger partial charge in [-0.15, -0.1) is 23.1 Å². The maximum Gasteiger partial charge on any atom is 0.272 e. The van der Waals surface area contributed by atoms with Gasteiger partial charge in [-0.3, -0.25) is 14.4 Å². The number of rotatable bonds is 11. The first-order chi connectivity index (χ1) is 19.9. The molecule has 1 aromatic heterocycles. The Labute approximate surface area is 246 Å². The molecule has 3 amide bonds. The van der Waals surface area contributed by atoms with Gasteiger partial charge < -0.3 is 25.4 Å². The number of carbonyl (C=O) groups is 3. The van der Waals surface area contributed by atoms with E-state index in [1.807, 2.05) is 6.07 Å². The zero-order valence-electron chi connectivity index (χ0n) is 22.5. The van der Waals surface area contributed by atoms with Crippen LogP contribution in [-0.2, 0) is 9.59 Å². The topological polar surface area (TPSA) is 119 Å². The van der Waals surface area contributed by atoms with Crippen molar-refractivity contribution in [2.75, 3.05) is 24.9 Å². The van der Waals surface area contributed by atoms with Crippen molar-refractivity contribution in [3.8, 4) is 11.5 Å². The summed E-state index contributed by atoms with van der Waals surface area (Å²) in [6, 6.07) is 20.9. The van der Waals surface area contributed by atoms with Crippen LogP contribution in [0.5, 0.6) is 11.5 Å². The van der Waals surface area contributed by atoms with E-state index in [1.54, 1.807) is 92.3 Å². The second-order valence-corrected chi connectivity index (χ2v) is 10.9. The molecule has 0 spiro atoms. The van der Waals surface area contributed by atoms with Crippen molar-refractivity contribution in [1.29, 1.82) is 0 Å². The fourth-order valence-corrected chi connectivity index (χ4v) is 5.09. The number of benzene rings is 3. The van der Waals surface area contributed by atoms with Crippen LogP contribution >= 0.6 is 23.1 Å². The number of hydrogen-bond acceptors (Lipinski definition) is 8. The first-order valence-corrected chi connectivity index (χ1v) is 14.2. The van der Waals surface area contributed by atoms with Gasteiger partial charge in [0.05, 0.1) is 19.5 Å². The highest BCUT2D eigenvalue weighted by Crippen LogP contribution is 2.28. The van der Waals surface area contributed by atoms with Crippen molar-refractivity contribution >= 4 is 57.7 Å². The zero-order valence-corrected chi connectivity index (χ0v) is 24.2. The third-order valence-electron chi connectivity index (χ3n) is 5.71. The largest absolute Gasteiger partial charge is 0.497 e. The van der Waals surface area contributed by atoms with Crippen LogP contribution < -0.4 is 25.4 Å². The third kappa shape index (κ3) is 8.19. The average Bonchev–Trinajstić information content (AvgIpc) is 3.50. The Morgan fingerprint density at radius 3 is 2.46 bits per heavy atom. The van der Waals surface area contributed by atoms with Gasteiger partial charge in [-0.05, 0) is 55.5 Å². The maximum atomic E-state index is 13.5. The van der Waals surface area contributed by atoms with E-state index < -0.39 is 17.1 Å². The summed E-state index contributed by atoms with van der Waals surface area (Å²) in [4.78, 5) is 43.9. The monoisotopic (exact) mass is 588 g/mol. The highest BCUT2D eigenvalue weighted by atomic mass is 32.2. The van der Waals surface area contributed by atoms with Gasteiger partial charge >= 0.3 is 0 Å². The fraction of sp³-hybridized carbons (Fsp3) is 0.133. The summed E-state index contributed by atoms with van der Waals surface area (Å²) in [7, 11) is 3.06. The second kappa shape index (κ2) is 14.1. The number of nitrogens with one attached hydrogen (secondary N) is 3. The molecule has 0 radical (unpaired) electrons. The summed E-state index contributed by atoms with van der Waals surface area (Å²) >= 11 is 2.69. The minimum atomic E-state index is -0.538. The molecule has 41 heavy (non-hydrogen) atoms. The number of methoxy groups -OCH3 is 2. The number of nitrogens with zero attached hydrogens (tertiary/aromatic N) is 1. The number of aromatic nitrogens is 1. The number of ether oxygens (including phenoxy) is 2. The first kappa shape index (κ1) is 29.4. The summed E-state index contributed by atoms with van der Waals surface area (Å²) in [5.41, 5.74) is 1.47. The lowest BCUT2D eigenvalue weighted by atomic mass is 10.1. The quantitative estimate of drug-likeness (QED) is 0.152. The van der Waals surface area contributed by atoms with Crippen LogP contribution in [0.4, 0.5) is 10.8 Å². The van der Waals surface area contributed by atoms with E-state index in [2.05, 4.69) is 20.9 Å². The smallest absolute Gasteiger partial charge is 0.272 e. The van der Waals surface area contributed by atoms with Gasteiger partial charge in [-0.1, -0.05) is 24.3 Å². The molecule has 9 nitrogen and oxygen atoms in total. The van der Waals surface area contributed by atoms with Gasteiger partial charge in [-0.25, -0.2) is 4.98 Å². The van der Waals surface area contributed by atoms with E-state index in [0.717, 1.165) is 4.90 Å². The average molecular weight is 589 g/mol. The van der Waals surface area contributed by atoms with Crippen LogP contribution in [0.25, 0.3) is 6.08 Å². The number of amides is 3. The third-order valence-corrected chi connectivity index (χ3v) is 7.49.